The molecule has 7 heteroatoms. The molecule has 0 spiro atoms. The number of nitrogens with two attached hydrogens (primary N) is 1. The van der Waals surface area contributed by atoms with E-state index in [-0.39, 0.29) is 64.9 Å². The van der Waals surface area contributed by atoms with Crippen molar-refractivity contribution in [3.8, 4) is 0 Å². The zero-order valence-electron chi connectivity index (χ0n) is 10.6. The number of nitrogen functional groups attached to an aromatic ring is 1. The minimum Gasteiger partial charge on any atom is -0.399 e. The molecule has 2 radical (unpaired) electrons. The van der Waals surface area contributed by atoms with Crippen molar-refractivity contribution < 1.29 is 13.0 Å². The van der Waals surface area contributed by atoms with E-state index in [4.69, 9.17) is 10.3 Å². The second-order valence-electron chi connectivity index (χ2n) is 3.58. The Morgan fingerprint density at radius 3 is 2.35 bits per heavy atom. The van der Waals surface area contributed by atoms with E-state index in [9.17, 15) is 8.42 Å². The van der Waals surface area contributed by atoms with Crippen LogP contribution in [0.5, 0.6) is 0 Å². The van der Waals surface area contributed by atoms with Crippen LogP contribution in [0.1, 0.15) is 17.5 Å². The summed E-state index contributed by atoms with van der Waals surface area (Å²) in [5.74, 6) is -0.198. The molecule has 0 aromatic heterocycles. The molecule has 1 rings (SSSR count). The van der Waals surface area contributed by atoms with E-state index in [0.717, 1.165) is 11.1 Å². The van der Waals surface area contributed by atoms with Gasteiger partial charge in [0, 0.05) is 64.8 Å². The molecule has 86 valence electrons. The second kappa shape index (κ2) is 8.93. The van der Waals surface area contributed by atoms with E-state index in [1.165, 1.54) is 0 Å². The number of hydrogen-bond acceptors (Lipinski definition) is 3. The number of rotatable bonds is 4. The van der Waals surface area contributed by atoms with E-state index >= 15 is 0 Å². The summed E-state index contributed by atoms with van der Waals surface area (Å²) >= 11 is 0. The molecule has 4 nitrogen and oxygen atoms in total. The Balaban J connectivity index is 0. The van der Waals surface area contributed by atoms with Crippen molar-refractivity contribution in [1.29, 1.82) is 0 Å². The van der Waals surface area contributed by atoms with Crippen LogP contribution in [0, 0.1) is 6.92 Å². The molecule has 1 aromatic rings. The average molecular weight is 275 g/mol. The average Bonchev–Trinajstić information content (AvgIpc) is 2.07. The molecular formula is C10H15NNa2O3S. The van der Waals surface area contributed by atoms with Gasteiger partial charge >= 0.3 is 0 Å². The minimum absolute atomic E-state index is 0. The maximum Gasteiger partial charge on any atom is 0.264 e. The Labute approximate surface area is 147 Å². The van der Waals surface area contributed by atoms with Crippen LogP contribution in [0.2, 0.25) is 0 Å². The number of aryl methyl sites for hydroxylation is 2. The second-order valence-corrected chi connectivity index (χ2v) is 5.15. The molecule has 0 atom stereocenters. The first kappa shape index (κ1) is 20.3. The van der Waals surface area contributed by atoms with Crippen LogP contribution in [0.25, 0.3) is 0 Å². The maximum absolute atomic E-state index is 10.5. The van der Waals surface area contributed by atoms with Gasteiger partial charge in [0.2, 0.25) is 0 Å². The molecule has 17 heavy (non-hydrogen) atoms. The fourth-order valence-corrected chi connectivity index (χ4v) is 1.95. The number of anilines is 1. The first-order valence-corrected chi connectivity index (χ1v) is 6.29. The van der Waals surface area contributed by atoms with Gasteiger partial charge in [-0.15, -0.1) is 0 Å². The van der Waals surface area contributed by atoms with Crippen LogP contribution in [-0.2, 0) is 16.5 Å². The Bertz CT molecular complexity index is 449. The molecule has 0 aliphatic heterocycles. The third kappa shape index (κ3) is 8.61. The molecule has 0 aliphatic carbocycles. The third-order valence-electron chi connectivity index (χ3n) is 2.22. The number of benzene rings is 1. The molecule has 0 saturated carbocycles. The topological polar surface area (TPSA) is 80.4 Å². The van der Waals surface area contributed by atoms with Gasteiger partial charge < -0.3 is 5.73 Å². The summed E-state index contributed by atoms with van der Waals surface area (Å²) in [6.07, 6.45) is 1.05. The molecule has 0 fully saturated rings. The summed E-state index contributed by atoms with van der Waals surface area (Å²) in [4.78, 5) is 0. The largest absolute Gasteiger partial charge is 0.399 e. The summed E-state index contributed by atoms with van der Waals surface area (Å²) in [6.45, 7) is 1.93. The van der Waals surface area contributed by atoms with Gasteiger partial charge in [-0.2, -0.15) is 8.42 Å². The van der Waals surface area contributed by atoms with Gasteiger partial charge in [0.1, 0.15) is 0 Å². The Hall–Kier alpha value is 0.930. The van der Waals surface area contributed by atoms with Crippen LogP contribution in [0.15, 0.2) is 18.2 Å². The van der Waals surface area contributed by atoms with E-state index in [0.29, 0.717) is 18.5 Å². The molecule has 0 amide bonds. The summed E-state index contributed by atoms with van der Waals surface area (Å²) in [5.41, 5.74) is 8.40. The first-order chi connectivity index (χ1) is 6.88. The van der Waals surface area contributed by atoms with Crippen LogP contribution in [0.4, 0.5) is 5.69 Å². The van der Waals surface area contributed by atoms with Gasteiger partial charge in [-0.25, -0.2) is 0 Å². The molecule has 0 bridgehead atoms. The van der Waals surface area contributed by atoms with Crippen molar-refractivity contribution in [3.05, 3.63) is 29.3 Å². The monoisotopic (exact) mass is 275 g/mol. The molecule has 3 N–H and O–H groups in total. The summed E-state index contributed by atoms with van der Waals surface area (Å²) < 4.78 is 29.6. The van der Waals surface area contributed by atoms with E-state index in [1.807, 2.05) is 19.1 Å². The first-order valence-electron chi connectivity index (χ1n) is 4.68. The molecule has 0 heterocycles. The van der Waals surface area contributed by atoms with Crippen molar-refractivity contribution in [3.63, 3.8) is 0 Å². The molecular weight excluding hydrogens is 260 g/mol. The van der Waals surface area contributed by atoms with Crippen LogP contribution in [-0.4, -0.2) is 77.8 Å². The van der Waals surface area contributed by atoms with Gasteiger partial charge in [0.25, 0.3) is 10.1 Å². The minimum atomic E-state index is -3.84. The molecule has 0 saturated heterocycles. The standard InChI is InChI=1S/C10H15NO3S.2Na/c1-8-7-10(11)5-4-9(8)3-2-6-15(12,13)14;;/h4-5,7H,2-3,6,11H2,1H3,(H,12,13,14);;. The molecule has 1 aromatic carbocycles. The normalized spacial score (nSPS) is 10.2. The smallest absolute Gasteiger partial charge is 0.264 e. The van der Waals surface area contributed by atoms with Gasteiger partial charge in [-0.3, -0.25) is 4.55 Å². The van der Waals surface area contributed by atoms with E-state index in [1.54, 1.807) is 6.07 Å². The summed E-state index contributed by atoms with van der Waals surface area (Å²) in [7, 11) is -3.84. The van der Waals surface area contributed by atoms with Crippen molar-refractivity contribution in [2.24, 2.45) is 0 Å². The van der Waals surface area contributed by atoms with Gasteiger partial charge in [-0.05, 0) is 43.0 Å². The van der Waals surface area contributed by atoms with Crippen molar-refractivity contribution >= 4 is 74.9 Å². The SMILES string of the molecule is Cc1cc(N)ccc1CCCS(=O)(=O)O.[Na].[Na]. The number of hydrogen-bond donors (Lipinski definition) is 2. The predicted molar refractivity (Wildman–Crippen MR) is 71.8 cm³/mol. The zero-order valence-corrected chi connectivity index (χ0v) is 15.4. The fraction of sp³-hybridized carbons (Fsp3) is 0.400. The van der Waals surface area contributed by atoms with E-state index < -0.39 is 10.1 Å². The Morgan fingerprint density at radius 1 is 1.29 bits per heavy atom. The molecule has 0 aliphatic rings. The summed E-state index contributed by atoms with van der Waals surface area (Å²) in [6, 6.07) is 5.52. The maximum atomic E-state index is 10.5. The molecule has 0 unspecified atom stereocenters. The van der Waals surface area contributed by atoms with Gasteiger partial charge in [0.05, 0.1) is 5.75 Å². The fourth-order valence-electron chi connectivity index (χ4n) is 1.44. The van der Waals surface area contributed by atoms with Crippen LogP contribution < -0.4 is 5.73 Å². The Morgan fingerprint density at radius 2 is 1.88 bits per heavy atom. The predicted octanol–water partition coefficient (Wildman–Crippen LogP) is 0.636. The quantitative estimate of drug-likeness (QED) is 0.480. The summed E-state index contributed by atoms with van der Waals surface area (Å²) in [5, 5.41) is 0. The van der Waals surface area contributed by atoms with Crippen LogP contribution >= 0.6 is 0 Å². The van der Waals surface area contributed by atoms with Gasteiger partial charge in [-0.1, -0.05) is 6.07 Å². The van der Waals surface area contributed by atoms with Crippen LogP contribution in [0.3, 0.4) is 0 Å². The van der Waals surface area contributed by atoms with Crippen molar-refractivity contribution in [2.45, 2.75) is 19.8 Å². The van der Waals surface area contributed by atoms with E-state index in [2.05, 4.69) is 0 Å². The zero-order chi connectivity index (χ0) is 11.5. The van der Waals surface area contributed by atoms with Gasteiger partial charge in [0.15, 0.2) is 0 Å². The van der Waals surface area contributed by atoms with Crippen molar-refractivity contribution in [1.82, 2.24) is 0 Å². The van der Waals surface area contributed by atoms with Crippen molar-refractivity contribution in [2.75, 3.05) is 11.5 Å². The Kier molecular flexibility index (Phi) is 10.6. The third-order valence-corrected chi connectivity index (χ3v) is 3.02.